The summed E-state index contributed by atoms with van der Waals surface area (Å²) in [6.45, 7) is 1.96. The highest BCUT2D eigenvalue weighted by molar-refractivity contribution is 5.97. The number of pyridine rings is 1. The molecule has 8 heteroatoms. The fraction of sp³-hybridized carbons (Fsp3) is 0.158. The third-order valence-corrected chi connectivity index (χ3v) is 4.01. The molecule has 3 N–H and O–H groups in total. The van der Waals surface area contributed by atoms with Gasteiger partial charge >= 0.3 is 5.97 Å². The van der Waals surface area contributed by atoms with Crippen molar-refractivity contribution in [2.45, 2.75) is 6.92 Å². The average Bonchev–Trinajstić information content (AvgIpc) is 2.70. The van der Waals surface area contributed by atoms with Gasteiger partial charge in [-0.3, -0.25) is 0 Å². The Morgan fingerprint density at radius 3 is 2.63 bits per heavy atom. The normalized spacial score (nSPS) is 10.3. The van der Waals surface area contributed by atoms with Crippen LogP contribution < -0.4 is 16.0 Å². The van der Waals surface area contributed by atoms with Crippen molar-refractivity contribution in [2.75, 3.05) is 30.1 Å². The van der Waals surface area contributed by atoms with Crippen molar-refractivity contribution in [1.82, 2.24) is 15.0 Å². The number of rotatable bonds is 5. The summed E-state index contributed by atoms with van der Waals surface area (Å²) < 4.78 is 4.86. The lowest BCUT2D eigenvalue weighted by atomic mass is 10.1. The Balaban J connectivity index is 1.96. The summed E-state index contributed by atoms with van der Waals surface area (Å²) in [6, 6.07) is 10.8. The van der Waals surface area contributed by atoms with Crippen LogP contribution in [-0.2, 0) is 4.74 Å². The van der Waals surface area contributed by atoms with E-state index in [4.69, 9.17) is 10.5 Å². The van der Waals surface area contributed by atoms with Gasteiger partial charge in [-0.25, -0.2) is 19.7 Å². The minimum atomic E-state index is -0.438. The lowest BCUT2D eigenvalue weighted by molar-refractivity contribution is 0.0601. The van der Waals surface area contributed by atoms with E-state index < -0.39 is 5.97 Å². The van der Waals surface area contributed by atoms with Crippen molar-refractivity contribution >= 4 is 34.8 Å². The van der Waals surface area contributed by atoms with Gasteiger partial charge in [0.2, 0.25) is 0 Å². The number of esters is 1. The van der Waals surface area contributed by atoms with E-state index in [0.717, 1.165) is 5.56 Å². The molecule has 138 valence electrons. The van der Waals surface area contributed by atoms with Crippen molar-refractivity contribution in [2.24, 2.45) is 0 Å². The molecule has 0 spiro atoms. The Bertz CT molecular complexity index is 959. The molecule has 0 saturated carbocycles. The van der Waals surface area contributed by atoms with Gasteiger partial charge in [-0.05, 0) is 30.7 Å². The topological polar surface area (TPSA) is 106 Å². The fourth-order valence-corrected chi connectivity index (χ4v) is 2.58. The summed E-state index contributed by atoms with van der Waals surface area (Å²) in [5.41, 5.74) is 8.70. The van der Waals surface area contributed by atoms with E-state index in [2.05, 4.69) is 20.3 Å². The Morgan fingerprint density at radius 2 is 1.93 bits per heavy atom. The molecule has 3 aromatic rings. The van der Waals surface area contributed by atoms with Gasteiger partial charge in [0.15, 0.2) is 11.6 Å². The maximum atomic E-state index is 12.1. The molecule has 0 fully saturated rings. The van der Waals surface area contributed by atoms with Crippen LogP contribution in [0.1, 0.15) is 15.9 Å². The van der Waals surface area contributed by atoms with Gasteiger partial charge in [0, 0.05) is 13.2 Å². The highest BCUT2D eigenvalue weighted by atomic mass is 16.5. The number of para-hydroxylation sites is 1. The van der Waals surface area contributed by atoms with E-state index in [1.54, 1.807) is 36.3 Å². The van der Waals surface area contributed by atoms with Crippen LogP contribution in [-0.4, -0.2) is 35.1 Å². The van der Waals surface area contributed by atoms with Crippen LogP contribution in [0.3, 0.4) is 0 Å². The number of carbonyl (C=O) groups excluding carboxylic acids is 1. The summed E-state index contributed by atoms with van der Waals surface area (Å²) in [6.07, 6.45) is 3.15. The smallest absolute Gasteiger partial charge is 0.339 e. The zero-order chi connectivity index (χ0) is 19.4. The zero-order valence-corrected chi connectivity index (χ0v) is 15.3. The second-order valence-corrected chi connectivity index (χ2v) is 5.87. The number of anilines is 5. The van der Waals surface area contributed by atoms with Gasteiger partial charge in [0.25, 0.3) is 0 Å². The maximum absolute atomic E-state index is 12.1. The van der Waals surface area contributed by atoms with E-state index in [0.29, 0.717) is 34.4 Å². The molecule has 0 saturated heterocycles. The number of nitrogens with two attached hydrogens (primary N) is 1. The van der Waals surface area contributed by atoms with Gasteiger partial charge in [0.1, 0.15) is 17.8 Å². The third-order valence-electron chi connectivity index (χ3n) is 4.01. The molecule has 0 radical (unpaired) electrons. The molecule has 0 bridgehead atoms. The molecule has 0 aliphatic heterocycles. The number of aromatic nitrogens is 3. The summed E-state index contributed by atoms with van der Waals surface area (Å²) in [5, 5.41) is 3.09. The van der Waals surface area contributed by atoms with Gasteiger partial charge in [0.05, 0.1) is 18.4 Å². The Hall–Kier alpha value is -3.68. The van der Waals surface area contributed by atoms with E-state index in [-0.39, 0.29) is 0 Å². The zero-order valence-electron chi connectivity index (χ0n) is 15.3. The predicted octanol–water partition coefficient (Wildman–Crippen LogP) is 3.06. The predicted molar refractivity (Wildman–Crippen MR) is 105 cm³/mol. The molecular formula is C19H20N6O2. The number of nitrogens with zero attached hydrogens (tertiary/aromatic N) is 4. The first-order valence-electron chi connectivity index (χ1n) is 8.22. The van der Waals surface area contributed by atoms with Gasteiger partial charge in [-0.1, -0.05) is 18.2 Å². The minimum Gasteiger partial charge on any atom is -0.465 e. The van der Waals surface area contributed by atoms with Crippen LogP contribution in [0.15, 0.2) is 48.9 Å². The number of benzene rings is 1. The first-order valence-corrected chi connectivity index (χ1v) is 8.22. The Labute approximate surface area is 157 Å². The molecule has 0 amide bonds. The Morgan fingerprint density at radius 1 is 1.15 bits per heavy atom. The standard InChI is InChI=1S/C19H20N6O2/c1-12-8-9-15(21-10-12)24-17-16(20)18(23-11-22-17)25(2)14-7-5-4-6-13(14)19(26)27-3/h4-11H,20H2,1-3H3,(H,21,22,23,24). The van der Waals surface area contributed by atoms with Gasteiger partial charge in [-0.2, -0.15) is 0 Å². The highest BCUT2D eigenvalue weighted by Gasteiger charge is 2.19. The van der Waals surface area contributed by atoms with Crippen molar-refractivity contribution in [3.05, 3.63) is 60.0 Å². The second-order valence-electron chi connectivity index (χ2n) is 5.87. The first-order chi connectivity index (χ1) is 13.0. The van der Waals surface area contributed by atoms with Gasteiger partial charge < -0.3 is 20.7 Å². The molecule has 3 rings (SSSR count). The molecule has 2 aromatic heterocycles. The van der Waals surface area contributed by atoms with E-state index in [1.807, 2.05) is 25.1 Å². The summed E-state index contributed by atoms with van der Waals surface area (Å²) in [7, 11) is 3.11. The van der Waals surface area contributed by atoms with E-state index in [1.165, 1.54) is 13.4 Å². The van der Waals surface area contributed by atoms with E-state index >= 15 is 0 Å². The van der Waals surface area contributed by atoms with Crippen molar-refractivity contribution in [1.29, 1.82) is 0 Å². The second kappa shape index (κ2) is 7.69. The van der Waals surface area contributed by atoms with Crippen molar-refractivity contribution in [3.63, 3.8) is 0 Å². The molecule has 2 heterocycles. The van der Waals surface area contributed by atoms with E-state index in [9.17, 15) is 4.79 Å². The third kappa shape index (κ3) is 3.79. The number of aryl methyl sites for hydroxylation is 1. The summed E-state index contributed by atoms with van der Waals surface area (Å²) in [5.74, 6) is 1.07. The SMILES string of the molecule is COC(=O)c1ccccc1N(C)c1ncnc(Nc2ccc(C)cn2)c1N. The Kier molecular flexibility index (Phi) is 5.16. The fourth-order valence-electron chi connectivity index (χ4n) is 2.58. The van der Waals surface area contributed by atoms with Gasteiger partial charge in [-0.15, -0.1) is 0 Å². The van der Waals surface area contributed by atoms with Crippen molar-refractivity contribution < 1.29 is 9.53 Å². The number of carbonyl (C=O) groups is 1. The molecule has 27 heavy (non-hydrogen) atoms. The number of hydrogen-bond acceptors (Lipinski definition) is 8. The lowest BCUT2D eigenvalue weighted by Gasteiger charge is -2.22. The number of hydrogen-bond donors (Lipinski definition) is 2. The molecule has 0 aliphatic carbocycles. The summed E-state index contributed by atoms with van der Waals surface area (Å²) >= 11 is 0. The maximum Gasteiger partial charge on any atom is 0.339 e. The molecular weight excluding hydrogens is 344 g/mol. The van der Waals surface area contributed by atoms with Crippen LogP contribution in [0.4, 0.5) is 28.8 Å². The van der Waals surface area contributed by atoms with Crippen molar-refractivity contribution in [3.8, 4) is 0 Å². The monoisotopic (exact) mass is 364 g/mol. The summed E-state index contributed by atoms with van der Waals surface area (Å²) in [4.78, 5) is 26.5. The quantitative estimate of drug-likeness (QED) is 0.665. The number of nitrogens with one attached hydrogen (secondary N) is 1. The molecule has 8 nitrogen and oxygen atoms in total. The molecule has 1 aromatic carbocycles. The number of ether oxygens (including phenoxy) is 1. The van der Waals surface area contributed by atoms with Crippen LogP contribution in [0.2, 0.25) is 0 Å². The van der Waals surface area contributed by atoms with Crippen LogP contribution in [0.5, 0.6) is 0 Å². The average molecular weight is 364 g/mol. The largest absolute Gasteiger partial charge is 0.465 e. The highest BCUT2D eigenvalue weighted by Crippen LogP contribution is 2.33. The van der Waals surface area contributed by atoms with Crippen LogP contribution >= 0.6 is 0 Å². The van der Waals surface area contributed by atoms with Crippen LogP contribution in [0.25, 0.3) is 0 Å². The molecule has 0 unspecified atom stereocenters. The minimum absolute atomic E-state index is 0.335. The lowest BCUT2D eigenvalue weighted by Crippen LogP contribution is -2.18. The van der Waals surface area contributed by atoms with Crippen LogP contribution in [0, 0.1) is 6.92 Å². The molecule has 0 aliphatic rings. The molecule has 0 atom stereocenters. The number of methoxy groups -OCH3 is 1. The number of nitrogen functional groups attached to an aromatic ring is 1. The first kappa shape index (κ1) is 18.1.